The quantitative estimate of drug-likeness (QED) is 0.799. The highest BCUT2D eigenvalue weighted by molar-refractivity contribution is 6.18. The van der Waals surface area contributed by atoms with Crippen LogP contribution in [0.5, 0.6) is 0 Å². The minimum atomic E-state index is -1.17. The Balaban J connectivity index is 2.13. The van der Waals surface area contributed by atoms with Crippen LogP contribution in [0.2, 0.25) is 0 Å². The summed E-state index contributed by atoms with van der Waals surface area (Å²) in [7, 11) is 0. The zero-order valence-electron chi connectivity index (χ0n) is 11.4. The summed E-state index contributed by atoms with van der Waals surface area (Å²) in [6.45, 7) is 2.87. The fourth-order valence-corrected chi connectivity index (χ4v) is 2.66. The van der Waals surface area contributed by atoms with Gasteiger partial charge < -0.3 is 9.80 Å². The average Bonchev–Trinajstić information content (AvgIpc) is 2.63. The Kier molecular flexibility index (Phi) is 5.47. The van der Waals surface area contributed by atoms with Crippen LogP contribution in [0.3, 0.4) is 0 Å². The molecule has 0 N–H and O–H groups in total. The highest BCUT2D eigenvalue weighted by Gasteiger charge is 2.25. The number of amides is 1. The number of carbonyl (C=O) groups is 1. The van der Waals surface area contributed by atoms with E-state index in [1.54, 1.807) is 0 Å². The van der Waals surface area contributed by atoms with Crippen molar-refractivity contribution in [2.45, 2.75) is 6.42 Å². The van der Waals surface area contributed by atoms with Crippen molar-refractivity contribution >= 4 is 17.5 Å². The SMILES string of the molecule is O=C(c1c(F)cc(F)cc1F)N1CCCN(CCCl)CC1. The van der Waals surface area contributed by atoms with E-state index in [4.69, 9.17) is 11.6 Å². The Labute approximate surface area is 126 Å². The van der Waals surface area contributed by atoms with E-state index in [1.165, 1.54) is 4.90 Å². The largest absolute Gasteiger partial charge is 0.337 e. The van der Waals surface area contributed by atoms with E-state index in [0.717, 1.165) is 6.54 Å². The Bertz CT molecular complexity index is 504. The molecule has 0 saturated carbocycles. The van der Waals surface area contributed by atoms with E-state index >= 15 is 0 Å². The normalized spacial score (nSPS) is 16.9. The fourth-order valence-electron chi connectivity index (χ4n) is 2.42. The van der Waals surface area contributed by atoms with Gasteiger partial charge in [0, 0.05) is 44.2 Å². The fraction of sp³-hybridized carbons (Fsp3) is 0.500. The Morgan fingerprint density at radius 3 is 2.38 bits per heavy atom. The van der Waals surface area contributed by atoms with Gasteiger partial charge in [-0.05, 0) is 13.0 Å². The molecule has 0 aromatic heterocycles. The van der Waals surface area contributed by atoms with Crippen LogP contribution >= 0.6 is 11.6 Å². The maximum absolute atomic E-state index is 13.7. The second-order valence-electron chi connectivity index (χ2n) is 4.92. The Morgan fingerprint density at radius 2 is 1.76 bits per heavy atom. The second-order valence-corrected chi connectivity index (χ2v) is 5.30. The van der Waals surface area contributed by atoms with Crippen LogP contribution in [0.15, 0.2) is 12.1 Å². The van der Waals surface area contributed by atoms with Crippen LogP contribution in [0.4, 0.5) is 13.2 Å². The van der Waals surface area contributed by atoms with Crippen LogP contribution < -0.4 is 0 Å². The third-order valence-corrected chi connectivity index (χ3v) is 3.67. The summed E-state index contributed by atoms with van der Waals surface area (Å²) in [5.74, 6) is -3.61. The summed E-state index contributed by atoms with van der Waals surface area (Å²) in [6.07, 6.45) is 0.701. The van der Waals surface area contributed by atoms with E-state index in [2.05, 4.69) is 4.90 Å². The van der Waals surface area contributed by atoms with Gasteiger partial charge in [-0.25, -0.2) is 13.2 Å². The average molecular weight is 321 g/mol. The first-order valence-electron chi connectivity index (χ1n) is 6.75. The van der Waals surface area contributed by atoms with Gasteiger partial charge in [0.2, 0.25) is 0 Å². The van der Waals surface area contributed by atoms with E-state index in [-0.39, 0.29) is 0 Å². The molecule has 0 bridgehead atoms. The number of alkyl halides is 1. The third-order valence-electron chi connectivity index (χ3n) is 3.50. The van der Waals surface area contributed by atoms with Gasteiger partial charge in [0.25, 0.3) is 5.91 Å². The van der Waals surface area contributed by atoms with Crippen molar-refractivity contribution in [1.29, 1.82) is 0 Å². The molecule has 7 heteroatoms. The van der Waals surface area contributed by atoms with E-state index in [1.807, 2.05) is 0 Å². The minimum absolute atomic E-state index is 0.367. The standard InChI is InChI=1S/C14H16ClF3N2O/c15-2-5-19-3-1-4-20(7-6-19)14(21)13-11(17)8-10(16)9-12(13)18/h8-9H,1-7H2. The lowest BCUT2D eigenvalue weighted by Gasteiger charge is -2.22. The number of hydrogen-bond acceptors (Lipinski definition) is 2. The molecule has 116 valence electrons. The van der Waals surface area contributed by atoms with Gasteiger partial charge in [-0.2, -0.15) is 0 Å². The number of carbonyl (C=O) groups excluding carboxylic acids is 1. The molecular weight excluding hydrogens is 305 g/mol. The number of rotatable bonds is 3. The molecule has 0 atom stereocenters. The number of halogens is 4. The first kappa shape index (κ1) is 16.1. The van der Waals surface area contributed by atoms with Crippen molar-refractivity contribution in [2.75, 3.05) is 38.6 Å². The van der Waals surface area contributed by atoms with Crippen LogP contribution in [0.25, 0.3) is 0 Å². The molecule has 1 aromatic carbocycles. The first-order valence-corrected chi connectivity index (χ1v) is 7.28. The van der Waals surface area contributed by atoms with E-state index < -0.39 is 28.9 Å². The predicted octanol–water partition coefficient (Wildman–Crippen LogP) is 2.49. The monoisotopic (exact) mass is 320 g/mol. The maximum Gasteiger partial charge on any atom is 0.259 e. The first-order chi connectivity index (χ1) is 10.0. The molecule has 2 rings (SSSR count). The van der Waals surface area contributed by atoms with Gasteiger partial charge in [-0.1, -0.05) is 0 Å². The van der Waals surface area contributed by atoms with Gasteiger partial charge in [0.05, 0.1) is 0 Å². The molecule has 1 saturated heterocycles. The summed E-state index contributed by atoms with van der Waals surface area (Å²) < 4.78 is 40.2. The molecule has 1 fully saturated rings. The summed E-state index contributed by atoms with van der Waals surface area (Å²) in [6, 6.07) is 1.04. The number of benzene rings is 1. The summed E-state index contributed by atoms with van der Waals surface area (Å²) in [5.41, 5.74) is -0.692. The molecule has 1 amide bonds. The molecule has 0 unspecified atom stereocenters. The number of hydrogen-bond donors (Lipinski definition) is 0. The van der Waals surface area contributed by atoms with Gasteiger partial charge in [0.1, 0.15) is 23.0 Å². The zero-order valence-corrected chi connectivity index (χ0v) is 12.2. The lowest BCUT2D eigenvalue weighted by Crippen LogP contribution is -2.36. The molecule has 0 spiro atoms. The molecule has 1 aromatic rings. The summed E-state index contributed by atoms with van der Waals surface area (Å²) >= 11 is 5.68. The molecule has 0 aliphatic carbocycles. The Hall–Kier alpha value is -1.27. The van der Waals surface area contributed by atoms with E-state index in [0.29, 0.717) is 50.6 Å². The lowest BCUT2D eigenvalue weighted by atomic mass is 10.1. The van der Waals surface area contributed by atoms with Gasteiger partial charge in [-0.15, -0.1) is 11.6 Å². The topological polar surface area (TPSA) is 23.6 Å². The highest BCUT2D eigenvalue weighted by atomic mass is 35.5. The van der Waals surface area contributed by atoms with Crippen LogP contribution in [-0.4, -0.2) is 54.3 Å². The van der Waals surface area contributed by atoms with Crippen LogP contribution in [0.1, 0.15) is 16.8 Å². The van der Waals surface area contributed by atoms with Crippen molar-refractivity contribution in [2.24, 2.45) is 0 Å². The molecule has 1 aliphatic rings. The molecule has 0 radical (unpaired) electrons. The summed E-state index contributed by atoms with van der Waals surface area (Å²) in [4.78, 5) is 15.7. The molecule has 3 nitrogen and oxygen atoms in total. The molecular formula is C14H16ClF3N2O. The molecule has 1 heterocycles. The van der Waals surface area contributed by atoms with Crippen molar-refractivity contribution in [1.82, 2.24) is 9.80 Å². The summed E-state index contributed by atoms with van der Waals surface area (Å²) in [5, 5.41) is 0. The van der Waals surface area contributed by atoms with Gasteiger partial charge >= 0.3 is 0 Å². The smallest absolute Gasteiger partial charge is 0.259 e. The van der Waals surface area contributed by atoms with Crippen molar-refractivity contribution in [3.05, 3.63) is 35.1 Å². The van der Waals surface area contributed by atoms with Crippen molar-refractivity contribution < 1.29 is 18.0 Å². The van der Waals surface area contributed by atoms with Crippen LogP contribution in [0, 0.1) is 17.5 Å². The third kappa shape index (κ3) is 3.89. The predicted molar refractivity (Wildman–Crippen MR) is 74.0 cm³/mol. The molecule has 1 aliphatic heterocycles. The minimum Gasteiger partial charge on any atom is -0.337 e. The van der Waals surface area contributed by atoms with Gasteiger partial charge in [-0.3, -0.25) is 4.79 Å². The van der Waals surface area contributed by atoms with Gasteiger partial charge in [0.15, 0.2) is 0 Å². The van der Waals surface area contributed by atoms with Crippen molar-refractivity contribution in [3.8, 4) is 0 Å². The second kappa shape index (κ2) is 7.13. The van der Waals surface area contributed by atoms with E-state index in [9.17, 15) is 18.0 Å². The molecule has 21 heavy (non-hydrogen) atoms. The maximum atomic E-state index is 13.7. The zero-order chi connectivity index (χ0) is 15.4. The lowest BCUT2D eigenvalue weighted by molar-refractivity contribution is 0.0752. The number of nitrogens with zero attached hydrogens (tertiary/aromatic N) is 2. The Morgan fingerprint density at radius 1 is 1.10 bits per heavy atom. The van der Waals surface area contributed by atoms with Crippen molar-refractivity contribution in [3.63, 3.8) is 0 Å². The highest BCUT2D eigenvalue weighted by Crippen LogP contribution is 2.18. The van der Waals surface area contributed by atoms with Crippen LogP contribution in [-0.2, 0) is 0 Å².